The van der Waals surface area contributed by atoms with E-state index < -0.39 is 12.1 Å². The van der Waals surface area contributed by atoms with Crippen molar-refractivity contribution in [2.75, 3.05) is 36.5 Å². The Morgan fingerprint density at radius 3 is 2.76 bits per heavy atom. The number of hydrogen-bond donors (Lipinski definition) is 1. The van der Waals surface area contributed by atoms with Crippen molar-refractivity contribution >= 4 is 39.5 Å². The molecule has 1 amide bonds. The van der Waals surface area contributed by atoms with Crippen LogP contribution in [0.2, 0.25) is 0 Å². The minimum absolute atomic E-state index is 0.260. The van der Waals surface area contributed by atoms with Crippen LogP contribution in [0.25, 0.3) is 33.5 Å². The monoisotopic (exact) mass is 448 g/mol. The van der Waals surface area contributed by atoms with Crippen molar-refractivity contribution < 1.29 is 18.3 Å². The van der Waals surface area contributed by atoms with E-state index in [1.54, 1.807) is 18.5 Å². The molecular weight excluding hydrogens is 427 g/mol. The number of morpholine rings is 1. The number of hydrogen-bond acceptors (Lipinski definition) is 8. The molecule has 2 fully saturated rings. The maximum absolute atomic E-state index is 13.2. The van der Waals surface area contributed by atoms with Crippen LogP contribution in [0.4, 0.5) is 16.0 Å². The first-order valence-electron chi connectivity index (χ1n) is 10.9. The predicted molar refractivity (Wildman–Crippen MR) is 120 cm³/mol. The van der Waals surface area contributed by atoms with Gasteiger partial charge >= 0.3 is 0 Å². The van der Waals surface area contributed by atoms with E-state index in [-0.39, 0.29) is 12.3 Å². The molecule has 0 radical (unpaired) electrons. The highest BCUT2D eigenvalue weighted by Crippen LogP contribution is 2.36. The zero-order valence-corrected chi connectivity index (χ0v) is 17.9. The second-order valence-corrected chi connectivity index (χ2v) is 8.33. The molecule has 1 N–H and O–H groups in total. The highest BCUT2D eigenvalue weighted by molar-refractivity contribution is 6.00. The summed E-state index contributed by atoms with van der Waals surface area (Å²) in [5.74, 6) is 0.609. The lowest BCUT2D eigenvalue weighted by atomic mass is 10.1. The van der Waals surface area contributed by atoms with Crippen molar-refractivity contribution in [1.82, 2.24) is 19.9 Å². The number of aromatic nitrogens is 4. The van der Waals surface area contributed by atoms with Crippen molar-refractivity contribution in [1.29, 1.82) is 0 Å². The van der Waals surface area contributed by atoms with Gasteiger partial charge < -0.3 is 19.4 Å². The number of fused-ring (bicyclic) bond motifs is 2. The molecule has 2 aliphatic rings. The molecule has 6 rings (SSSR count). The van der Waals surface area contributed by atoms with Crippen LogP contribution < -0.4 is 10.2 Å². The lowest BCUT2D eigenvalue weighted by molar-refractivity contribution is -0.117. The summed E-state index contributed by atoms with van der Waals surface area (Å²) in [5, 5.41) is 4.29. The first-order valence-corrected chi connectivity index (χ1v) is 10.9. The third kappa shape index (κ3) is 3.66. The summed E-state index contributed by atoms with van der Waals surface area (Å²) in [6.07, 6.45) is 2.53. The maximum atomic E-state index is 13.2. The number of ether oxygens (including phenoxy) is 1. The second-order valence-electron chi connectivity index (χ2n) is 8.33. The molecule has 5 heterocycles. The molecule has 33 heavy (non-hydrogen) atoms. The number of anilines is 2. The summed E-state index contributed by atoms with van der Waals surface area (Å²) in [6, 6.07) is 5.53. The number of carbonyl (C=O) groups is 1. The number of alkyl halides is 1. The largest absolute Gasteiger partial charge is 0.434 e. The van der Waals surface area contributed by atoms with Gasteiger partial charge in [-0.3, -0.25) is 9.78 Å². The van der Waals surface area contributed by atoms with E-state index in [0.717, 1.165) is 35.4 Å². The lowest BCUT2D eigenvalue weighted by Gasteiger charge is -2.27. The molecule has 1 saturated carbocycles. The first kappa shape index (κ1) is 20.0. The molecule has 0 bridgehead atoms. The molecule has 0 unspecified atom stereocenters. The molecule has 1 aliphatic carbocycles. The van der Waals surface area contributed by atoms with Gasteiger partial charge in [-0.2, -0.15) is 4.98 Å². The SMILES string of the molecule is Cc1ncc(-c2nc3nc(N4CCOCC4)ccc3o2)c2cc(NC(=O)[C@@H]3C[C@@H]3F)ncc12. The van der Waals surface area contributed by atoms with Crippen molar-refractivity contribution in [3.63, 3.8) is 0 Å². The molecule has 1 saturated heterocycles. The first-order chi connectivity index (χ1) is 16.1. The van der Waals surface area contributed by atoms with Gasteiger partial charge in [0.05, 0.1) is 24.7 Å². The Balaban J connectivity index is 1.38. The number of oxazole rings is 1. The van der Waals surface area contributed by atoms with Crippen LogP contribution in [0.1, 0.15) is 12.1 Å². The highest BCUT2D eigenvalue weighted by atomic mass is 19.1. The minimum Gasteiger partial charge on any atom is -0.434 e. The molecule has 0 spiro atoms. The third-order valence-electron chi connectivity index (χ3n) is 6.08. The summed E-state index contributed by atoms with van der Waals surface area (Å²) in [5.41, 5.74) is 2.53. The van der Waals surface area contributed by atoms with Crippen LogP contribution in [0, 0.1) is 12.8 Å². The van der Waals surface area contributed by atoms with E-state index >= 15 is 0 Å². The normalized spacial score (nSPS) is 20.4. The Bertz CT molecular complexity index is 1380. The number of pyridine rings is 3. The third-order valence-corrected chi connectivity index (χ3v) is 6.08. The van der Waals surface area contributed by atoms with Gasteiger partial charge in [-0.05, 0) is 31.5 Å². The zero-order chi connectivity index (χ0) is 22.5. The Morgan fingerprint density at radius 2 is 1.97 bits per heavy atom. The quantitative estimate of drug-likeness (QED) is 0.507. The molecule has 168 valence electrons. The number of nitrogens with one attached hydrogen (secondary N) is 1. The van der Waals surface area contributed by atoms with Crippen LogP contribution >= 0.6 is 0 Å². The van der Waals surface area contributed by atoms with Gasteiger partial charge in [0, 0.05) is 41.9 Å². The molecule has 4 aromatic heterocycles. The topological polar surface area (TPSA) is 106 Å². The lowest BCUT2D eigenvalue weighted by Crippen LogP contribution is -2.36. The Morgan fingerprint density at radius 1 is 1.15 bits per heavy atom. The van der Waals surface area contributed by atoms with Crippen LogP contribution in [0.3, 0.4) is 0 Å². The number of nitrogens with zero attached hydrogens (tertiary/aromatic N) is 5. The summed E-state index contributed by atoms with van der Waals surface area (Å²) in [7, 11) is 0. The van der Waals surface area contributed by atoms with E-state index in [4.69, 9.17) is 9.15 Å². The van der Waals surface area contributed by atoms with E-state index in [1.807, 2.05) is 19.1 Å². The average molecular weight is 448 g/mol. The van der Waals surface area contributed by atoms with Gasteiger partial charge in [0.1, 0.15) is 17.8 Å². The number of aryl methyl sites for hydroxylation is 1. The maximum Gasteiger partial charge on any atom is 0.231 e. The highest BCUT2D eigenvalue weighted by Gasteiger charge is 2.43. The summed E-state index contributed by atoms with van der Waals surface area (Å²) < 4.78 is 24.7. The van der Waals surface area contributed by atoms with Gasteiger partial charge in [-0.1, -0.05) is 0 Å². The van der Waals surface area contributed by atoms with Crippen LogP contribution in [0.15, 0.2) is 35.0 Å². The Kier molecular flexibility index (Phi) is 4.68. The molecular formula is C23H21FN6O3. The van der Waals surface area contributed by atoms with Crippen LogP contribution in [-0.4, -0.2) is 58.3 Å². The zero-order valence-electron chi connectivity index (χ0n) is 17.9. The molecule has 9 nitrogen and oxygen atoms in total. The molecule has 1 aliphatic heterocycles. The molecule has 0 aromatic carbocycles. The average Bonchev–Trinajstić information content (AvgIpc) is 3.42. The van der Waals surface area contributed by atoms with Gasteiger partial charge in [-0.25, -0.2) is 14.4 Å². The number of amides is 1. The standard InChI is InChI=1S/C23H21FN6O3/c1-12-15-10-26-19(27-22(31)14-8-17(14)24)9-13(15)16(11-25-12)23-29-21-18(33-23)2-3-20(28-21)30-4-6-32-7-5-30/h2-3,9-11,14,17H,4-8H2,1H3,(H,26,27,31)/t14-,17+/m1/s1. The number of carbonyl (C=O) groups excluding carboxylic acids is 1. The fraction of sp³-hybridized carbons (Fsp3) is 0.348. The number of halogens is 1. The van der Waals surface area contributed by atoms with E-state index in [1.165, 1.54) is 0 Å². The van der Waals surface area contributed by atoms with Crippen molar-refractivity contribution in [3.05, 3.63) is 36.3 Å². The van der Waals surface area contributed by atoms with E-state index in [9.17, 15) is 9.18 Å². The second kappa shape index (κ2) is 7.73. The molecule has 4 aromatic rings. The van der Waals surface area contributed by atoms with Gasteiger partial charge in [0.15, 0.2) is 5.58 Å². The van der Waals surface area contributed by atoms with Crippen LogP contribution in [-0.2, 0) is 9.53 Å². The van der Waals surface area contributed by atoms with Crippen molar-refractivity contribution in [2.24, 2.45) is 5.92 Å². The predicted octanol–water partition coefficient (Wildman–Crippen LogP) is 3.27. The van der Waals surface area contributed by atoms with Crippen molar-refractivity contribution in [3.8, 4) is 11.5 Å². The van der Waals surface area contributed by atoms with Crippen LogP contribution in [0.5, 0.6) is 0 Å². The summed E-state index contributed by atoms with van der Waals surface area (Å²) in [6.45, 7) is 4.78. The van der Waals surface area contributed by atoms with Gasteiger partial charge in [-0.15, -0.1) is 0 Å². The Hall–Kier alpha value is -3.66. The van der Waals surface area contributed by atoms with Gasteiger partial charge in [0.25, 0.3) is 0 Å². The smallest absolute Gasteiger partial charge is 0.231 e. The molecule has 2 atom stereocenters. The molecule has 10 heteroatoms. The Labute approximate surface area is 188 Å². The fourth-order valence-corrected chi connectivity index (χ4v) is 4.05. The summed E-state index contributed by atoms with van der Waals surface area (Å²) in [4.78, 5) is 32.4. The van der Waals surface area contributed by atoms with Gasteiger partial charge in [0.2, 0.25) is 17.4 Å². The number of rotatable bonds is 4. The fourth-order valence-electron chi connectivity index (χ4n) is 4.05. The van der Waals surface area contributed by atoms with E-state index in [2.05, 4.69) is 30.2 Å². The minimum atomic E-state index is -1.07. The van der Waals surface area contributed by atoms with Crippen molar-refractivity contribution in [2.45, 2.75) is 19.5 Å². The summed E-state index contributed by atoms with van der Waals surface area (Å²) >= 11 is 0. The van der Waals surface area contributed by atoms with E-state index in [0.29, 0.717) is 41.7 Å².